The van der Waals surface area contributed by atoms with E-state index in [9.17, 15) is 9.59 Å². The highest BCUT2D eigenvalue weighted by Crippen LogP contribution is 2.29. The first-order chi connectivity index (χ1) is 13.5. The molecule has 28 heavy (non-hydrogen) atoms. The van der Waals surface area contributed by atoms with Crippen molar-refractivity contribution in [2.45, 2.75) is 19.9 Å². The first-order valence-electron chi connectivity index (χ1n) is 8.61. The summed E-state index contributed by atoms with van der Waals surface area (Å²) in [6.07, 6.45) is 0. The number of carbonyl (C=O) groups is 2. The lowest BCUT2D eigenvalue weighted by Gasteiger charge is -2.20. The second-order valence-corrected chi connectivity index (χ2v) is 8.23. The summed E-state index contributed by atoms with van der Waals surface area (Å²) in [6.45, 7) is 3.75. The third-order valence-corrected chi connectivity index (χ3v) is 5.71. The largest absolute Gasteiger partial charge is 0.497 e. The number of nitrogens with one attached hydrogen (secondary N) is 2. The third-order valence-electron chi connectivity index (χ3n) is 3.95. The SMILES string of the molecule is COc1cccc(-c2nnc(NC(=O)[C@@H](NC(=O)c3cccs3)C(C)C)s2)c1. The van der Waals surface area contributed by atoms with E-state index in [4.69, 9.17) is 4.74 Å². The quantitative estimate of drug-likeness (QED) is 0.613. The maximum Gasteiger partial charge on any atom is 0.262 e. The van der Waals surface area contributed by atoms with Crippen LogP contribution >= 0.6 is 22.7 Å². The van der Waals surface area contributed by atoms with Gasteiger partial charge in [0.25, 0.3) is 5.91 Å². The minimum Gasteiger partial charge on any atom is -0.497 e. The van der Waals surface area contributed by atoms with E-state index in [-0.39, 0.29) is 17.7 Å². The number of hydrogen-bond donors (Lipinski definition) is 2. The maximum absolute atomic E-state index is 12.7. The lowest BCUT2D eigenvalue weighted by atomic mass is 10.0. The molecular formula is C19H20N4O3S2. The van der Waals surface area contributed by atoms with Crippen LogP contribution in [0.3, 0.4) is 0 Å². The molecule has 0 radical (unpaired) electrons. The van der Waals surface area contributed by atoms with E-state index < -0.39 is 6.04 Å². The lowest BCUT2D eigenvalue weighted by molar-refractivity contribution is -0.118. The summed E-state index contributed by atoms with van der Waals surface area (Å²) in [5.41, 5.74) is 0.851. The first kappa shape index (κ1) is 20.0. The number of aromatic nitrogens is 2. The second kappa shape index (κ2) is 8.94. The van der Waals surface area contributed by atoms with Crippen molar-refractivity contribution in [3.05, 3.63) is 46.7 Å². The van der Waals surface area contributed by atoms with Crippen molar-refractivity contribution < 1.29 is 14.3 Å². The number of thiophene rings is 1. The Bertz CT molecular complexity index is 954. The molecule has 0 saturated carbocycles. The van der Waals surface area contributed by atoms with Crippen molar-refractivity contribution in [2.75, 3.05) is 12.4 Å². The molecule has 146 valence electrons. The minimum atomic E-state index is -0.682. The van der Waals surface area contributed by atoms with E-state index in [0.29, 0.717) is 15.0 Å². The van der Waals surface area contributed by atoms with Gasteiger partial charge < -0.3 is 10.1 Å². The molecule has 3 aromatic rings. The molecule has 3 rings (SSSR count). The van der Waals surface area contributed by atoms with Crippen molar-refractivity contribution in [3.63, 3.8) is 0 Å². The Kier molecular flexibility index (Phi) is 6.37. The van der Waals surface area contributed by atoms with E-state index in [1.54, 1.807) is 19.2 Å². The summed E-state index contributed by atoms with van der Waals surface area (Å²) in [5.74, 6) is 0.0376. The smallest absolute Gasteiger partial charge is 0.262 e. The van der Waals surface area contributed by atoms with Gasteiger partial charge in [0.1, 0.15) is 16.8 Å². The van der Waals surface area contributed by atoms with Gasteiger partial charge in [0, 0.05) is 5.56 Å². The number of carbonyl (C=O) groups excluding carboxylic acids is 2. The zero-order chi connectivity index (χ0) is 20.1. The van der Waals surface area contributed by atoms with Crippen LogP contribution in [0.2, 0.25) is 0 Å². The van der Waals surface area contributed by atoms with Crippen molar-refractivity contribution in [1.82, 2.24) is 15.5 Å². The Morgan fingerprint density at radius 2 is 1.96 bits per heavy atom. The van der Waals surface area contributed by atoms with Crippen molar-refractivity contribution in [1.29, 1.82) is 0 Å². The Labute approximate surface area is 170 Å². The van der Waals surface area contributed by atoms with Crippen LogP contribution < -0.4 is 15.4 Å². The van der Waals surface area contributed by atoms with Gasteiger partial charge in [-0.25, -0.2) is 0 Å². The van der Waals surface area contributed by atoms with Crippen LogP contribution in [-0.2, 0) is 4.79 Å². The highest BCUT2D eigenvalue weighted by Gasteiger charge is 2.26. The van der Waals surface area contributed by atoms with Gasteiger partial charge in [-0.05, 0) is 29.5 Å². The molecule has 0 fully saturated rings. The Morgan fingerprint density at radius 3 is 2.64 bits per heavy atom. The number of nitrogens with zero attached hydrogens (tertiary/aromatic N) is 2. The molecule has 0 bridgehead atoms. The number of amides is 2. The van der Waals surface area contributed by atoms with Crippen LogP contribution in [0.5, 0.6) is 5.75 Å². The molecule has 9 heteroatoms. The molecule has 0 saturated heterocycles. The topological polar surface area (TPSA) is 93.2 Å². The Morgan fingerprint density at radius 1 is 1.14 bits per heavy atom. The van der Waals surface area contributed by atoms with Gasteiger partial charge in [0.05, 0.1) is 12.0 Å². The zero-order valence-electron chi connectivity index (χ0n) is 15.6. The molecule has 0 spiro atoms. The summed E-state index contributed by atoms with van der Waals surface area (Å²) in [6, 6.07) is 10.3. The Hall–Kier alpha value is -2.78. The van der Waals surface area contributed by atoms with E-state index >= 15 is 0 Å². The summed E-state index contributed by atoms with van der Waals surface area (Å²) < 4.78 is 5.22. The van der Waals surface area contributed by atoms with Crippen molar-refractivity contribution >= 4 is 39.6 Å². The van der Waals surface area contributed by atoms with Gasteiger partial charge in [-0.15, -0.1) is 21.5 Å². The average Bonchev–Trinajstić information content (AvgIpc) is 3.37. The molecule has 1 aromatic carbocycles. The molecule has 0 aliphatic carbocycles. The van der Waals surface area contributed by atoms with Gasteiger partial charge >= 0.3 is 0 Å². The predicted octanol–water partition coefficient (Wildman–Crippen LogP) is 3.67. The fourth-order valence-corrected chi connectivity index (χ4v) is 3.85. The highest BCUT2D eigenvalue weighted by molar-refractivity contribution is 7.18. The van der Waals surface area contributed by atoms with Crippen LogP contribution in [0.15, 0.2) is 41.8 Å². The van der Waals surface area contributed by atoms with Gasteiger partial charge in [-0.3, -0.25) is 14.9 Å². The van der Waals surface area contributed by atoms with E-state index in [2.05, 4.69) is 20.8 Å². The third kappa shape index (κ3) is 4.73. The molecule has 1 atom stereocenters. The molecule has 7 nitrogen and oxygen atoms in total. The maximum atomic E-state index is 12.7. The number of methoxy groups -OCH3 is 1. The fraction of sp³-hybridized carbons (Fsp3) is 0.263. The van der Waals surface area contributed by atoms with Crippen molar-refractivity contribution in [2.24, 2.45) is 5.92 Å². The molecule has 2 N–H and O–H groups in total. The molecular weight excluding hydrogens is 396 g/mol. The summed E-state index contributed by atoms with van der Waals surface area (Å²) in [4.78, 5) is 25.6. The first-order valence-corrected chi connectivity index (χ1v) is 10.3. The number of benzene rings is 1. The fourth-order valence-electron chi connectivity index (χ4n) is 2.48. The summed E-state index contributed by atoms with van der Waals surface area (Å²) in [5, 5.41) is 16.6. The van der Waals surface area contributed by atoms with Crippen LogP contribution in [-0.4, -0.2) is 35.2 Å². The second-order valence-electron chi connectivity index (χ2n) is 6.31. The van der Waals surface area contributed by atoms with Gasteiger partial charge in [0.15, 0.2) is 0 Å². The molecule has 2 heterocycles. The average molecular weight is 417 g/mol. The number of ether oxygens (including phenoxy) is 1. The molecule has 0 aliphatic rings. The van der Waals surface area contributed by atoms with Crippen LogP contribution in [0, 0.1) is 5.92 Å². The standard InChI is InChI=1S/C19H20N4O3S2/c1-11(2)15(20-16(24)14-8-5-9-27-14)17(25)21-19-23-22-18(28-19)12-6-4-7-13(10-12)26-3/h4-11,15H,1-3H3,(H,20,24)(H,21,23,25)/t15-/m0/s1. The summed E-state index contributed by atoms with van der Waals surface area (Å²) >= 11 is 2.59. The number of anilines is 1. The zero-order valence-corrected chi connectivity index (χ0v) is 17.3. The molecule has 0 unspecified atom stereocenters. The van der Waals surface area contributed by atoms with Crippen molar-refractivity contribution in [3.8, 4) is 16.3 Å². The number of hydrogen-bond acceptors (Lipinski definition) is 7. The highest BCUT2D eigenvalue weighted by atomic mass is 32.1. The molecule has 2 amide bonds. The normalized spacial score (nSPS) is 11.9. The van der Waals surface area contributed by atoms with E-state index in [1.165, 1.54) is 22.7 Å². The predicted molar refractivity (Wildman–Crippen MR) is 111 cm³/mol. The van der Waals surface area contributed by atoms with Gasteiger partial charge in [0.2, 0.25) is 11.0 Å². The molecule has 0 aliphatic heterocycles. The lowest BCUT2D eigenvalue weighted by Crippen LogP contribution is -2.46. The van der Waals surface area contributed by atoms with E-state index in [0.717, 1.165) is 11.3 Å². The van der Waals surface area contributed by atoms with Gasteiger partial charge in [-0.2, -0.15) is 0 Å². The van der Waals surface area contributed by atoms with Crippen LogP contribution in [0.4, 0.5) is 5.13 Å². The van der Waals surface area contributed by atoms with Crippen LogP contribution in [0.25, 0.3) is 10.6 Å². The monoisotopic (exact) mass is 416 g/mol. The minimum absolute atomic E-state index is 0.0883. The van der Waals surface area contributed by atoms with Crippen LogP contribution in [0.1, 0.15) is 23.5 Å². The Balaban J connectivity index is 1.70. The summed E-state index contributed by atoms with van der Waals surface area (Å²) in [7, 11) is 1.60. The number of rotatable bonds is 7. The molecule has 2 aromatic heterocycles. The van der Waals surface area contributed by atoms with E-state index in [1.807, 2.05) is 43.5 Å². The van der Waals surface area contributed by atoms with Gasteiger partial charge in [-0.1, -0.05) is 43.4 Å².